The van der Waals surface area contributed by atoms with Crippen LogP contribution in [0.15, 0.2) is 30.3 Å². The van der Waals surface area contributed by atoms with Crippen molar-refractivity contribution in [2.75, 3.05) is 0 Å². The van der Waals surface area contributed by atoms with Gasteiger partial charge in [0, 0.05) is 6.92 Å². The van der Waals surface area contributed by atoms with E-state index in [4.69, 9.17) is 9.90 Å². The largest absolute Gasteiger partial charge is 0.481 e. The van der Waals surface area contributed by atoms with E-state index >= 15 is 0 Å². The third-order valence-electron chi connectivity index (χ3n) is 2.46. The lowest BCUT2D eigenvalue weighted by Gasteiger charge is -1.90. The molecule has 124 valence electrons. The maximum Gasteiger partial charge on any atom is 0.300 e. The Bertz CT molecular complexity index is 273. The van der Waals surface area contributed by atoms with Gasteiger partial charge < -0.3 is 5.11 Å². The minimum Gasteiger partial charge on any atom is -0.481 e. The quantitative estimate of drug-likeness (QED) is 0.643. The number of hydrogen-bond acceptors (Lipinski definition) is 1. The highest BCUT2D eigenvalue weighted by molar-refractivity contribution is 5.62. The molecule has 0 spiro atoms. The zero-order valence-electron chi connectivity index (χ0n) is 15.0. The van der Waals surface area contributed by atoms with Gasteiger partial charge in [0.15, 0.2) is 0 Å². The first kappa shape index (κ1) is 24.7. The molecule has 0 saturated heterocycles. The van der Waals surface area contributed by atoms with E-state index in [0.29, 0.717) is 0 Å². The molecule has 0 bridgehead atoms. The van der Waals surface area contributed by atoms with Crippen LogP contribution in [0.3, 0.4) is 0 Å². The van der Waals surface area contributed by atoms with E-state index < -0.39 is 5.97 Å². The summed E-state index contributed by atoms with van der Waals surface area (Å²) in [5, 5.41) is 7.42. The van der Waals surface area contributed by atoms with E-state index in [1.165, 1.54) is 37.7 Å². The van der Waals surface area contributed by atoms with Gasteiger partial charge in [0.1, 0.15) is 0 Å². The van der Waals surface area contributed by atoms with E-state index in [9.17, 15) is 0 Å². The molecule has 0 saturated carbocycles. The molecule has 1 N–H and O–H groups in total. The molecule has 0 aliphatic carbocycles. The minimum atomic E-state index is -0.833. The lowest BCUT2D eigenvalue weighted by atomic mass is 10.2. The molecule has 2 heteroatoms. The Morgan fingerprint density at radius 2 is 1.29 bits per heavy atom. The molecule has 0 heterocycles. The van der Waals surface area contributed by atoms with Gasteiger partial charge in [-0.3, -0.25) is 4.79 Å². The molecule has 1 rings (SSSR count). The van der Waals surface area contributed by atoms with Crippen molar-refractivity contribution in [2.45, 2.75) is 80.1 Å². The molecule has 0 fully saturated rings. The molecule has 0 unspecified atom stereocenters. The zero-order chi connectivity index (χ0) is 16.9. The summed E-state index contributed by atoms with van der Waals surface area (Å²) >= 11 is 0. The number of unbranched alkanes of at least 4 members (excludes halogenated alkanes) is 4. The van der Waals surface area contributed by atoms with Crippen LogP contribution in [0.25, 0.3) is 0 Å². The van der Waals surface area contributed by atoms with Crippen molar-refractivity contribution in [3.8, 4) is 0 Å². The van der Waals surface area contributed by atoms with E-state index in [0.717, 1.165) is 13.3 Å². The Labute approximate surface area is 132 Å². The van der Waals surface area contributed by atoms with Gasteiger partial charge in [-0.25, -0.2) is 0 Å². The second-order valence-corrected chi connectivity index (χ2v) is 4.42. The molecule has 1 aromatic rings. The van der Waals surface area contributed by atoms with Crippen LogP contribution in [0.4, 0.5) is 0 Å². The number of aliphatic carboxylic acids is 1. The number of carbonyl (C=O) groups is 1. The van der Waals surface area contributed by atoms with Gasteiger partial charge in [-0.15, -0.1) is 0 Å². The third-order valence-corrected chi connectivity index (χ3v) is 2.46. The normalized spacial score (nSPS) is 8.10. The van der Waals surface area contributed by atoms with E-state index in [1.807, 2.05) is 19.9 Å². The maximum absolute atomic E-state index is 9.00. The van der Waals surface area contributed by atoms with Crippen molar-refractivity contribution in [3.63, 3.8) is 0 Å². The summed E-state index contributed by atoms with van der Waals surface area (Å²) in [5.41, 5.74) is 1.41. The summed E-state index contributed by atoms with van der Waals surface area (Å²) in [6, 6.07) is 10.5. The Hall–Kier alpha value is -1.31. The summed E-state index contributed by atoms with van der Waals surface area (Å²) in [7, 11) is 0. The van der Waals surface area contributed by atoms with Crippen LogP contribution in [0.1, 0.15) is 79.2 Å². The second-order valence-electron chi connectivity index (χ2n) is 4.42. The van der Waals surface area contributed by atoms with Crippen molar-refractivity contribution in [1.82, 2.24) is 0 Å². The summed E-state index contributed by atoms with van der Waals surface area (Å²) in [6.45, 7) is 11.7. The third kappa shape index (κ3) is 32.3. The fourth-order valence-electron chi connectivity index (χ4n) is 1.39. The predicted molar refractivity (Wildman–Crippen MR) is 94.9 cm³/mol. The lowest BCUT2D eigenvalue weighted by Crippen LogP contribution is -1.78. The van der Waals surface area contributed by atoms with Crippen LogP contribution in [-0.2, 0) is 11.2 Å². The molecule has 0 aromatic heterocycles. The minimum absolute atomic E-state index is 0.833. The molecular formula is C19H36O2. The summed E-state index contributed by atoms with van der Waals surface area (Å²) < 4.78 is 0. The first-order chi connectivity index (χ1) is 10.1. The highest BCUT2D eigenvalue weighted by atomic mass is 16.4. The number of carboxylic acids is 1. The van der Waals surface area contributed by atoms with Crippen molar-refractivity contribution < 1.29 is 9.90 Å². The average Bonchev–Trinajstić information content (AvgIpc) is 2.51. The van der Waals surface area contributed by atoms with Crippen molar-refractivity contribution in [1.29, 1.82) is 0 Å². The molecule has 1 aromatic carbocycles. The van der Waals surface area contributed by atoms with Gasteiger partial charge in [-0.2, -0.15) is 0 Å². The Morgan fingerprint density at radius 1 is 0.905 bits per heavy atom. The number of carboxylic acid groups (broad SMARTS) is 1. The Balaban J connectivity index is -0.000000229. The van der Waals surface area contributed by atoms with E-state index in [-0.39, 0.29) is 0 Å². The SMILES string of the molecule is CC.CC(=O)O.CCCCCCC.CCc1ccccc1. The van der Waals surface area contributed by atoms with Crippen LogP contribution in [0.5, 0.6) is 0 Å². The summed E-state index contributed by atoms with van der Waals surface area (Å²) in [4.78, 5) is 9.00. The van der Waals surface area contributed by atoms with Gasteiger partial charge in [0.25, 0.3) is 5.97 Å². The van der Waals surface area contributed by atoms with Gasteiger partial charge in [-0.05, 0) is 12.0 Å². The predicted octanol–water partition coefficient (Wildman–Crippen LogP) is 6.34. The molecule has 21 heavy (non-hydrogen) atoms. The Kier molecular flexibility index (Phi) is 27.9. The van der Waals surface area contributed by atoms with Gasteiger partial charge in [0.05, 0.1) is 0 Å². The highest BCUT2D eigenvalue weighted by Gasteiger charge is 1.80. The van der Waals surface area contributed by atoms with E-state index in [2.05, 4.69) is 45.0 Å². The number of hydrogen-bond donors (Lipinski definition) is 1. The molecule has 0 atom stereocenters. The van der Waals surface area contributed by atoms with Crippen molar-refractivity contribution in [3.05, 3.63) is 35.9 Å². The second kappa shape index (κ2) is 23.8. The molecule has 2 nitrogen and oxygen atoms in total. The van der Waals surface area contributed by atoms with E-state index in [1.54, 1.807) is 0 Å². The number of rotatable bonds is 5. The number of benzene rings is 1. The standard InChI is InChI=1S/C8H10.C7H16.C2H4O2.C2H6/c1-2-8-6-4-3-5-7-8;1-3-5-7-6-4-2;1-2(3)4;1-2/h3-7H,2H2,1H3;3-7H2,1-2H3;1H3,(H,3,4);1-2H3. The number of aryl methyl sites for hydroxylation is 1. The van der Waals surface area contributed by atoms with Crippen LogP contribution < -0.4 is 0 Å². The van der Waals surface area contributed by atoms with Crippen LogP contribution >= 0.6 is 0 Å². The van der Waals surface area contributed by atoms with Crippen LogP contribution in [0, 0.1) is 0 Å². The van der Waals surface area contributed by atoms with Crippen molar-refractivity contribution >= 4 is 5.97 Å². The molecule has 0 radical (unpaired) electrons. The fraction of sp³-hybridized carbons (Fsp3) is 0.632. The zero-order valence-corrected chi connectivity index (χ0v) is 15.0. The smallest absolute Gasteiger partial charge is 0.300 e. The van der Waals surface area contributed by atoms with Crippen LogP contribution in [0.2, 0.25) is 0 Å². The summed E-state index contributed by atoms with van der Waals surface area (Å²) in [6.07, 6.45) is 8.15. The Morgan fingerprint density at radius 3 is 1.52 bits per heavy atom. The maximum atomic E-state index is 9.00. The van der Waals surface area contributed by atoms with Crippen LogP contribution in [-0.4, -0.2) is 11.1 Å². The first-order valence-electron chi connectivity index (χ1n) is 8.31. The lowest BCUT2D eigenvalue weighted by molar-refractivity contribution is -0.134. The monoisotopic (exact) mass is 296 g/mol. The van der Waals surface area contributed by atoms with Crippen molar-refractivity contribution in [2.24, 2.45) is 0 Å². The fourth-order valence-corrected chi connectivity index (χ4v) is 1.39. The first-order valence-corrected chi connectivity index (χ1v) is 8.31. The summed E-state index contributed by atoms with van der Waals surface area (Å²) in [5.74, 6) is -0.833. The van der Waals surface area contributed by atoms with Gasteiger partial charge >= 0.3 is 0 Å². The molecule has 0 amide bonds. The molecule has 0 aliphatic rings. The van der Waals surface area contributed by atoms with Gasteiger partial charge in [0.2, 0.25) is 0 Å². The molecule has 0 aliphatic heterocycles. The molecular weight excluding hydrogens is 260 g/mol. The topological polar surface area (TPSA) is 37.3 Å². The highest BCUT2D eigenvalue weighted by Crippen LogP contribution is 2.00. The van der Waals surface area contributed by atoms with Gasteiger partial charge in [-0.1, -0.05) is 97.1 Å². The average molecular weight is 296 g/mol.